The highest BCUT2D eigenvalue weighted by Crippen LogP contribution is 2.30. The van der Waals surface area contributed by atoms with E-state index in [2.05, 4.69) is 83.9 Å². The largest absolute Gasteiger partial charge is 0.355 e. The molecule has 3 N–H and O–H groups in total. The SMILES string of the molecule is CC(C)NC(=O)c1cnc(Nc2ccc3c(c2)CCC(N(C)C)C3)cc1Nc1ccnc(C(C)(C)C)c1. The molecule has 0 saturated heterocycles. The number of benzene rings is 1. The van der Waals surface area contributed by atoms with E-state index in [-0.39, 0.29) is 17.4 Å². The minimum atomic E-state index is -0.161. The maximum absolute atomic E-state index is 13.0. The Bertz CT molecular complexity index is 1260. The van der Waals surface area contributed by atoms with Crippen LogP contribution in [-0.2, 0) is 18.3 Å². The van der Waals surface area contributed by atoms with Gasteiger partial charge < -0.3 is 20.9 Å². The summed E-state index contributed by atoms with van der Waals surface area (Å²) < 4.78 is 0. The lowest BCUT2D eigenvalue weighted by molar-refractivity contribution is 0.0943. The van der Waals surface area contributed by atoms with Gasteiger partial charge in [0.25, 0.3) is 5.91 Å². The van der Waals surface area contributed by atoms with Crippen LogP contribution in [0.3, 0.4) is 0 Å². The minimum Gasteiger partial charge on any atom is -0.355 e. The first kappa shape index (κ1) is 26.6. The quantitative estimate of drug-likeness (QED) is 0.379. The first-order valence-corrected chi connectivity index (χ1v) is 13.1. The van der Waals surface area contributed by atoms with Crippen molar-refractivity contribution >= 4 is 28.8 Å². The first-order valence-electron chi connectivity index (χ1n) is 13.1. The molecule has 2 aromatic heterocycles. The lowest BCUT2D eigenvalue weighted by atomic mass is 9.87. The van der Waals surface area contributed by atoms with Gasteiger partial charge in [-0.05, 0) is 82.6 Å². The van der Waals surface area contributed by atoms with Gasteiger partial charge in [-0.3, -0.25) is 9.78 Å². The molecule has 0 bridgehead atoms. The summed E-state index contributed by atoms with van der Waals surface area (Å²) in [4.78, 5) is 24.4. The van der Waals surface area contributed by atoms with E-state index in [0.717, 1.165) is 36.3 Å². The zero-order chi connectivity index (χ0) is 26.7. The minimum absolute atomic E-state index is 0.0224. The molecular formula is C30H40N6O. The lowest BCUT2D eigenvalue weighted by Gasteiger charge is -2.30. The van der Waals surface area contributed by atoms with Crippen LogP contribution in [-0.4, -0.2) is 47.0 Å². The third kappa shape index (κ3) is 6.66. The van der Waals surface area contributed by atoms with Gasteiger partial charge in [0.1, 0.15) is 5.82 Å². The van der Waals surface area contributed by atoms with Crippen LogP contribution in [0.25, 0.3) is 0 Å². The Kier molecular flexibility index (Phi) is 7.83. The number of nitrogens with one attached hydrogen (secondary N) is 3. The van der Waals surface area contributed by atoms with Crippen molar-refractivity contribution in [2.45, 2.75) is 71.4 Å². The second-order valence-electron chi connectivity index (χ2n) is 11.5. The molecule has 7 heteroatoms. The van der Waals surface area contributed by atoms with E-state index in [1.165, 1.54) is 11.1 Å². The number of rotatable bonds is 7. The van der Waals surface area contributed by atoms with Crippen LogP contribution in [0.1, 0.15) is 68.2 Å². The Labute approximate surface area is 221 Å². The Morgan fingerprint density at radius 1 is 1.00 bits per heavy atom. The van der Waals surface area contributed by atoms with E-state index in [4.69, 9.17) is 0 Å². The molecule has 0 saturated carbocycles. The Morgan fingerprint density at radius 2 is 1.76 bits per heavy atom. The van der Waals surface area contributed by atoms with E-state index < -0.39 is 0 Å². The fraction of sp³-hybridized carbons (Fsp3) is 0.433. The van der Waals surface area contributed by atoms with E-state index in [0.29, 0.717) is 23.1 Å². The molecule has 196 valence electrons. The second kappa shape index (κ2) is 10.9. The van der Waals surface area contributed by atoms with Crippen LogP contribution >= 0.6 is 0 Å². The van der Waals surface area contributed by atoms with Gasteiger partial charge in [0.2, 0.25) is 0 Å². The number of carbonyl (C=O) groups excluding carboxylic acids is 1. The number of aromatic nitrogens is 2. The summed E-state index contributed by atoms with van der Waals surface area (Å²) in [5.74, 6) is 0.515. The molecule has 7 nitrogen and oxygen atoms in total. The monoisotopic (exact) mass is 500 g/mol. The van der Waals surface area contributed by atoms with Crippen molar-refractivity contribution in [1.29, 1.82) is 0 Å². The number of pyridine rings is 2. The van der Waals surface area contributed by atoms with Crippen LogP contribution in [0, 0.1) is 0 Å². The third-order valence-corrected chi connectivity index (χ3v) is 6.79. The van der Waals surface area contributed by atoms with Gasteiger partial charge in [-0.15, -0.1) is 0 Å². The summed E-state index contributed by atoms with van der Waals surface area (Å²) in [7, 11) is 4.31. The van der Waals surface area contributed by atoms with Gasteiger partial charge in [0.15, 0.2) is 0 Å². The molecule has 37 heavy (non-hydrogen) atoms. The second-order valence-corrected chi connectivity index (χ2v) is 11.5. The normalized spacial score (nSPS) is 15.4. The molecule has 0 fully saturated rings. The molecule has 1 atom stereocenters. The van der Waals surface area contributed by atoms with E-state index >= 15 is 0 Å². The molecule has 1 aliphatic rings. The van der Waals surface area contributed by atoms with Crippen molar-refractivity contribution in [2.24, 2.45) is 0 Å². The molecule has 0 spiro atoms. The number of carbonyl (C=O) groups is 1. The molecule has 0 aliphatic heterocycles. The number of nitrogens with zero attached hydrogens (tertiary/aromatic N) is 3. The van der Waals surface area contributed by atoms with E-state index in [1.807, 2.05) is 32.0 Å². The van der Waals surface area contributed by atoms with Crippen molar-refractivity contribution in [2.75, 3.05) is 24.7 Å². The molecule has 1 unspecified atom stereocenters. The highest BCUT2D eigenvalue weighted by atomic mass is 16.1. The van der Waals surface area contributed by atoms with Crippen LogP contribution in [0.5, 0.6) is 0 Å². The van der Waals surface area contributed by atoms with Gasteiger partial charge in [-0.25, -0.2) is 4.98 Å². The summed E-state index contributed by atoms with van der Waals surface area (Å²) in [6.07, 6.45) is 6.74. The molecule has 4 rings (SSSR count). The van der Waals surface area contributed by atoms with Crippen LogP contribution in [0.2, 0.25) is 0 Å². The fourth-order valence-corrected chi connectivity index (χ4v) is 4.62. The molecule has 0 radical (unpaired) electrons. The number of anilines is 4. The molecule has 1 aromatic carbocycles. The Balaban J connectivity index is 1.61. The maximum Gasteiger partial charge on any atom is 0.255 e. The highest BCUT2D eigenvalue weighted by molar-refractivity contribution is 6.00. The Hall–Kier alpha value is -3.45. The predicted octanol–water partition coefficient (Wildman–Crippen LogP) is 5.82. The summed E-state index contributed by atoms with van der Waals surface area (Å²) in [5, 5.41) is 9.88. The smallest absolute Gasteiger partial charge is 0.255 e. The van der Waals surface area contributed by atoms with Crippen molar-refractivity contribution in [1.82, 2.24) is 20.2 Å². The van der Waals surface area contributed by atoms with Crippen LogP contribution in [0.15, 0.2) is 48.8 Å². The zero-order valence-corrected chi connectivity index (χ0v) is 23.1. The average Bonchev–Trinajstić information content (AvgIpc) is 2.83. The van der Waals surface area contributed by atoms with Gasteiger partial charge >= 0.3 is 0 Å². The first-order chi connectivity index (χ1) is 17.5. The molecule has 2 heterocycles. The summed E-state index contributed by atoms with van der Waals surface area (Å²) in [6, 6.07) is 13.0. The lowest BCUT2D eigenvalue weighted by Crippen LogP contribution is -2.33. The van der Waals surface area contributed by atoms with Gasteiger partial charge in [-0.2, -0.15) is 0 Å². The molecule has 3 aromatic rings. The topological polar surface area (TPSA) is 82.2 Å². The number of hydrogen-bond donors (Lipinski definition) is 3. The van der Waals surface area contributed by atoms with E-state index in [9.17, 15) is 4.79 Å². The zero-order valence-electron chi connectivity index (χ0n) is 23.1. The fourth-order valence-electron chi connectivity index (χ4n) is 4.62. The molecule has 1 amide bonds. The van der Waals surface area contributed by atoms with E-state index in [1.54, 1.807) is 12.4 Å². The average molecular weight is 501 g/mol. The summed E-state index contributed by atoms with van der Waals surface area (Å²) >= 11 is 0. The Morgan fingerprint density at radius 3 is 2.46 bits per heavy atom. The predicted molar refractivity (Wildman–Crippen MR) is 152 cm³/mol. The van der Waals surface area contributed by atoms with Gasteiger partial charge in [-0.1, -0.05) is 26.8 Å². The highest BCUT2D eigenvalue weighted by Gasteiger charge is 2.21. The maximum atomic E-state index is 13.0. The number of aryl methyl sites for hydroxylation is 1. The third-order valence-electron chi connectivity index (χ3n) is 6.79. The summed E-state index contributed by atoms with van der Waals surface area (Å²) in [6.45, 7) is 10.3. The standard InChI is InChI=1S/C30H40N6O/c1-19(2)33-29(37)25-18-32-28(17-26(25)34-23-12-13-31-27(16-23)30(3,4)5)35-22-10-8-21-15-24(36(6)7)11-9-20(21)14-22/h8,10,12-14,16-19,24H,9,11,15H2,1-7H3,(H,33,37)(H2,31,32,34,35). The number of fused-ring (bicyclic) bond motifs is 1. The van der Waals surface area contributed by atoms with Crippen molar-refractivity contribution < 1.29 is 4.79 Å². The van der Waals surface area contributed by atoms with Crippen LogP contribution < -0.4 is 16.0 Å². The molecule has 1 aliphatic carbocycles. The van der Waals surface area contributed by atoms with Crippen molar-refractivity contribution in [3.63, 3.8) is 0 Å². The number of hydrogen-bond acceptors (Lipinski definition) is 6. The van der Waals surface area contributed by atoms with Crippen molar-refractivity contribution in [3.05, 3.63) is 71.2 Å². The number of amides is 1. The van der Waals surface area contributed by atoms with Crippen molar-refractivity contribution in [3.8, 4) is 0 Å². The summed E-state index contributed by atoms with van der Waals surface area (Å²) in [5.41, 5.74) is 6.75. The molecular weight excluding hydrogens is 460 g/mol. The van der Waals surface area contributed by atoms with Gasteiger partial charge in [0.05, 0.1) is 11.3 Å². The number of likely N-dealkylation sites (N-methyl/N-ethyl adjacent to an activating group) is 1. The van der Waals surface area contributed by atoms with Gasteiger partial charge in [0, 0.05) is 53.0 Å². The van der Waals surface area contributed by atoms with Crippen LogP contribution in [0.4, 0.5) is 22.9 Å².